The molecule has 0 amide bonds. The highest BCUT2D eigenvalue weighted by molar-refractivity contribution is 5.79. The third kappa shape index (κ3) is 7.68. The first-order chi connectivity index (χ1) is 9.92. The Bertz CT molecular complexity index is 430. The molecule has 6 nitrogen and oxygen atoms in total. The van der Waals surface area contributed by atoms with Crippen molar-refractivity contribution >= 4 is 5.96 Å². The zero-order chi connectivity index (χ0) is 15.7. The van der Waals surface area contributed by atoms with Crippen molar-refractivity contribution in [2.24, 2.45) is 17.5 Å². The minimum absolute atomic E-state index is 0.420. The Kier molecular flexibility index (Phi) is 7.19. The molecule has 6 heteroatoms. The van der Waals surface area contributed by atoms with Gasteiger partial charge in [0.25, 0.3) is 0 Å². The average molecular weight is 294 g/mol. The standard InChI is InChI=1S/C15H30N6/c1-6-16-14(17-10-8-7-9-15(2,3)4)18-11-13-19-12-20-21(13)5/h12H,6-11H2,1-5H3,(H2,16,17,18). The monoisotopic (exact) mass is 294 g/mol. The van der Waals surface area contributed by atoms with E-state index in [0.29, 0.717) is 12.0 Å². The molecule has 0 aliphatic heterocycles. The van der Waals surface area contributed by atoms with E-state index in [2.05, 4.69) is 53.4 Å². The van der Waals surface area contributed by atoms with Crippen LogP contribution in [0.3, 0.4) is 0 Å². The van der Waals surface area contributed by atoms with Gasteiger partial charge in [-0.2, -0.15) is 5.10 Å². The highest BCUT2D eigenvalue weighted by atomic mass is 15.3. The van der Waals surface area contributed by atoms with Gasteiger partial charge in [-0.05, 0) is 25.2 Å². The van der Waals surface area contributed by atoms with Crippen LogP contribution in [-0.2, 0) is 13.6 Å². The quantitative estimate of drug-likeness (QED) is 0.459. The second kappa shape index (κ2) is 8.64. The SMILES string of the molecule is CCNC(=NCc1ncnn1C)NCCCCC(C)(C)C. The van der Waals surface area contributed by atoms with E-state index < -0.39 is 0 Å². The maximum Gasteiger partial charge on any atom is 0.191 e. The van der Waals surface area contributed by atoms with E-state index in [-0.39, 0.29) is 0 Å². The molecule has 0 saturated heterocycles. The molecule has 0 unspecified atom stereocenters. The molecule has 1 rings (SSSR count). The van der Waals surface area contributed by atoms with Crippen molar-refractivity contribution in [1.29, 1.82) is 0 Å². The molecule has 0 aromatic carbocycles. The van der Waals surface area contributed by atoms with Crippen molar-refractivity contribution in [2.45, 2.75) is 53.5 Å². The van der Waals surface area contributed by atoms with Gasteiger partial charge in [-0.3, -0.25) is 4.68 Å². The van der Waals surface area contributed by atoms with Gasteiger partial charge >= 0.3 is 0 Å². The Morgan fingerprint density at radius 1 is 1.29 bits per heavy atom. The third-order valence-electron chi connectivity index (χ3n) is 3.17. The van der Waals surface area contributed by atoms with Gasteiger partial charge in [0.15, 0.2) is 5.96 Å². The van der Waals surface area contributed by atoms with Crippen molar-refractivity contribution in [3.63, 3.8) is 0 Å². The van der Waals surface area contributed by atoms with Gasteiger partial charge in [0, 0.05) is 20.1 Å². The Labute approximate surface area is 128 Å². The fourth-order valence-corrected chi connectivity index (χ4v) is 1.94. The number of hydrogen-bond donors (Lipinski definition) is 2. The Morgan fingerprint density at radius 2 is 2.05 bits per heavy atom. The lowest BCUT2D eigenvalue weighted by Crippen LogP contribution is -2.37. The van der Waals surface area contributed by atoms with Crippen molar-refractivity contribution < 1.29 is 0 Å². The lowest BCUT2D eigenvalue weighted by Gasteiger charge is -2.18. The first kappa shape index (κ1) is 17.5. The summed E-state index contributed by atoms with van der Waals surface area (Å²) < 4.78 is 1.75. The molecule has 1 aromatic heterocycles. The van der Waals surface area contributed by atoms with Gasteiger partial charge in [-0.25, -0.2) is 9.98 Å². The molecule has 0 fully saturated rings. The largest absolute Gasteiger partial charge is 0.357 e. The molecular weight excluding hydrogens is 264 g/mol. The van der Waals surface area contributed by atoms with Crippen molar-refractivity contribution in [1.82, 2.24) is 25.4 Å². The second-order valence-corrected chi connectivity index (χ2v) is 6.44. The van der Waals surface area contributed by atoms with Gasteiger partial charge < -0.3 is 10.6 Å². The van der Waals surface area contributed by atoms with Gasteiger partial charge in [-0.1, -0.05) is 27.2 Å². The van der Waals surface area contributed by atoms with Crippen molar-refractivity contribution in [3.05, 3.63) is 12.2 Å². The molecule has 0 saturated carbocycles. The minimum Gasteiger partial charge on any atom is -0.357 e. The molecule has 0 radical (unpaired) electrons. The summed E-state index contributed by atoms with van der Waals surface area (Å²) in [7, 11) is 1.88. The van der Waals surface area contributed by atoms with Crippen LogP contribution < -0.4 is 10.6 Å². The minimum atomic E-state index is 0.420. The maximum atomic E-state index is 4.53. The van der Waals surface area contributed by atoms with Crippen molar-refractivity contribution in [2.75, 3.05) is 13.1 Å². The second-order valence-electron chi connectivity index (χ2n) is 6.44. The number of hydrogen-bond acceptors (Lipinski definition) is 3. The van der Waals surface area contributed by atoms with Crippen LogP contribution in [-0.4, -0.2) is 33.8 Å². The number of aromatic nitrogens is 3. The first-order valence-electron chi connectivity index (χ1n) is 7.77. The number of aliphatic imine (C=N–C) groups is 1. The summed E-state index contributed by atoms with van der Waals surface area (Å²) in [5.41, 5.74) is 0.420. The third-order valence-corrected chi connectivity index (χ3v) is 3.17. The van der Waals surface area contributed by atoms with E-state index >= 15 is 0 Å². The van der Waals surface area contributed by atoms with Gasteiger partial charge in [0.05, 0.1) is 0 Å². The molecule has 0 aliphatic rings. The lowest BCUT2D eigenvalue weighted by atomic mass is 9.90. The topological polar surface area (TPSA) is 67.1 Å². The van der Waals surface area contributed by atoms with E-state index in [1.54, 1.807) is 11.0 Å². The zero-order valence-corrected chi connectivity index (χ0v) is 14.1. The van der Waals surface area contributed by atoms with Crippen LogP contribution in [0.4, 0.5) is 0 Å². The average Bonchev–Trinajstić information content (AvgIpc) is 2.79. The fraction of sp³-hybridized carbons (Fsp3) is 0.800. The first-order valence-corrected chi connectivity index (χ1v) is 7.77. The van der Waals surface area contributed by atoms with Gasteiger partial charge in [0.1, 0.15) is 18.7 Å². The number of guanidine groups is 1. The van der Waals surface area contributed by atoms with E-state index in [9.17, 15) is 0 Å². The number of aryl methyl sites for hydroxylation is 1. The number of rotatable bonds is 7. The fourth-order valence-electron chi connectivity index (χ4n) is 1.94. The van der Waals surface area contributed by atoms with E-state index in [1.165, 1.54) is 12.8 Å². The summed E-state index contributed by atoms with van der Waals surface area (Å²) in [4.78, 5) is 8.71. The lowest BCUT2D eigenvalue weighted by molar-refractivity contribution is 0.360. The van der Waals surface area contributed by atoms with Crippen LogP contribution in [0.5, 0.6) is 0 Å². The summed E-state index contributed by atoms with van der Waals surface area (Å²) in [6.07, 6.45) is 5.20. The van der Waals surface area contributed by atoms with Crippen LogP contribution in [0.15, 0.2) is 11.3 Å². The number of unbranched alkanes of at least 4 members (excludes halogenated alkanes) is 1. The summed E-state index contributed by atoms with van der Waals surface area (Å²) in [5.74, 6) is 1.70. The van der Waals surface area contributed by atoms with E-state index in [4.69, 9.17) is 0 Å². The normalized spacial score (nSPS) is 12.5. The number of nitrogens with one attached hydrogen (secondary N) is 2. The van der Waals surface area contributed by atoms with Crippen LogP contribution >= 0.6 is 0 Å². The predicted octanol–water partition coefficient (Wildman–Crippen LogP) is 2.09. The predicted molar refractivity (Wildman–Crippen MR) is 87.1 cm³/mol. The van der Waals surface area contributed by atoms with Crippen LogP contribution in [0.1, 0.15) is 52.8 Å². The van der Waals surface area contributed by atoms with Gasteiger partial charge in [-0.15, -0.1) is 0 Å². The summed E-state index contributed by atoms with van der Waals surface area (Å²) in [5, 5.41) is 10.7. The molecule has 2 N–H and O–H groups in total. The molecule has 1 heterocycles. The molecule has 1 aromatic rings. The van der Waals surface area contributed by atoms with Crippen LogP contribution in [0.2, 0.25) is 0 Å². The number of nitrogens with zero attached hydrogens (tertiary/aromatic N) is 4. The zero-order valence-electron chi connectivity index (χ0n) is 14.1. The summed E-state index contributed by atoms with van der Waals surface area (Å²) >= 11 is 0. The molecule has 0 atom stereocenters. The highest BCUT2D eigenvalue weighted by Gasteiger charge is 2.08. The molecule has 0 spiro atoms. The van der Waals surface area contributed by atoms with E-state index in [1.807, 2.05) is 7.05 Å². The Balaban J connectivity index is 2.34. The molecular formula is C15H30N6. The Morgan fingerprint density at radius 3 is 2.62 bits per heavy atom. The van der Waals surface area contributed by atoms with Crippen molar-refractivity contribution in [3.8, 4) is 0 Å². The van der Waals surface area contributed by atoms with E-state index in [0.717, 1.165) is 31.3 Å². The maximum absolute atomic E-state index is 4.53. The Hall–Kier alpha value is -1.59. The molecule has 0 aliphatic carbocycles. The smallest absolute Gasteiger partial charge is 0.191 e. The molecule has 120 valence electrons. The van der Waals surface area contributed by atoms with Gasteiger partial charge in [0.2, 0.25) is 0 Å². The van der Waals surface area contributed by atoms with Crippen LogP contribution in [0, 0.1) is 5.41 Å². The molecule has 21 heavy (non-hydrogen) atoms. The summed E-state index contributed by atoms with van der Waals surface area (Å²) in [6.45, 7) is 11.3. The summed E-state index contributed by atoms with van der Waals surface area (Å²) in [6, 6.07) is 0. The van der Waals surface area contributed by atoms with Crippen LogP contribution in [0.25, 0.3) is 0 Å². The molecule has 0 bridgehead atoms. The highest BCUT2D eigenvalue weighted by Crippen LogP contribution is 2.21.